The first-order chi connectivity index (χ1) is 14.7. The van der Waals surface area contributed by atoms with E-state index in [1.165, 1.54) is 5.69 Å². The van der Waals surface area contributed by atoms with E-state index in [0.29, 0.717) is 0 Å². The normalized spacial score (nSPS) is 14.9. The Kier molecular flexibility index (Phi) is 5.14. The molecule has 1 aliphatic heterocycles. The minimum absolute atomic E-state index is 0.824. The zero-order valence-corrected chi connectivity index (χ0v) is 18.4. The maximum Gasteiger partial charge on any atom is 0.157 e. The number of hydrogen-bond acceptors (Lipinski definition) is 5. The van der Waals surface area contributed by atoms with Crippen LogP contribution in [0.1, 0.15) is 0 Å². The van der Waals surface area contributed by atoms with Crippen molar-refractivity contribution in [3.05, 3.63) is 77.5 Å². The monoisotopic (exact) mass is 462 g/mol. The zero-order chi connectivity index (χ0) is 20.5. The largest absolute Gasteiger partial charge is 0.369 e. The van der Waals surface area contributed by atoms with Crippen LogP contribution in [0.2, 0.25) is 0 Å². The first-order valence-electron chi connectivity index (χ1n) is 10.1. The molecule has 3 heterocycles. The molecule has 7 heteroatoms. The number of nitrogens with zero attached hydrogens (tertiary/aromatic N) is 6. The SMILES string of the molecule is CN1CCN(c2cccc(N(c3ccc(Br)cc3)c3ccnc4ccnn34)c2)CC1. The van der Waals surface area contributed by atoms with Crippen molar-refractivity contribution in [1.29, 1.82) is 0 Å². The average Bonchev–Trinajstić information content (AvgIpc) is 3.26. The van der Waals surface area contributed by atoms with Gasteiger partial charge in [0.2, 0.25) is 0 Å². The van der Waals surface area contributed by atoms with Gasteiger partial charge in [0.05, 0.1) is 6.20 Å². The molecule has 152 valence electrons. The molecular formula is C23H23BrN6. The quantitative estimate of drug-likeness (QED) is 0.438. The minimum Gasteiger partial charge on any atom is -0.369 e. The first-order valence-corrected chi connectivity index (χ1v) is 10.9. The summed E-state index contributed by atoms with van der Waals surface area (Å²) in [6, 6.07) is 21.0. The highest BCUT2D eigenvalue weighted by molar-refractivity contribution is 9.10. The summed E-state index contributed by atoms with van der Waals surface area (Å²) in [5.74, 6) is 0.947. The molecule has 1 aliphatic rings. The van der Waals surface area contributed by atoms with Crippen molar-refractivity contribution in [3.8, 4) is 0 Å². The molecule has 0 N–H and O–H groups in total. The van der Waals surface area contributed by atoms with Gasteiger partial charge in [-0.25, -0.2) is 4.98 Å². The third-order valence-electron chi connectivity index (χ3n) is 5.54. The van der Waals surface area contributed by atoms with E-state index in [2.05, 4.69) is 96.3 Å². The lowest BCUT2D eigenvalue weighted by molar-refractivity contribution is 0.313. The van der Waals surface area contributed by atoms with E-state index >= 15 is 0 Å². The van der Waals surface area contributed by atoms with Crippen LogP contribution in [-0.4, -0.2) is 52.7 Å². The van der Waals surface area contributed by atoms with Gasteiger partial charge in [0.15, 0.2) is 5.65 Å². The second-order valence-corrected chi connectivity index (χ2v) is 8.44. The number of rotatable bonds is 4. The highest BCUT2D eigenvalue weighted by Gasteiger charge is 2.19. The highest BCUT2D eigenvalue weighted by Crippen LogP contribution is 2.36. The van der Waals surface area contributed by atoms with Crippen LogP contribution in [-0.2, 0) is 0 Å². The van der Waals surface area contributed by atoms with E-state index in [1.54, 1.807) is 6.20 Å². The van der Waals surface area contributed by atoms with Gasteiger partial charge in [0, 0.05) is 60.0 Å². The second-order valence-electron chi connectivity index (χ2n) is 7.53. The van der Waals surface area contributed by atoms with Crippen molar-refractivity contribution >= 4 is 44.5 Å². The van der Waals surface area contributed by atoms with Gasteiger partial charge < -0.3 is 9.80 Å². The molecule has 0 aliphatic carbocycles. The standard InChI is InChI=1S/C23H23BrN6/c1-27-13-15-28(16-14-27)20-3-2-4-21(17-20)29(19-7-5-18(24)6-8-19)23-10-11-25-22-9-12-26-30(22)23/h2-12,17H,13-16H2,1H3. The van der Waals surface area contributed by atoms with Crippen LogP contribution >= 0.6 is 15.9 Å². The fraction of sp³-hybridized carbons (Fsp3) is 0.217. The fourth-order valence-electron chi connectivity index (χ4n) is 3.89. The highest BCUT2D eigenvalue weighted by atomic mass is 79.9. The maximum atomic E-state index is 4.52. The Bertz CT molecular complexity index is 1150. The first kappa shape index (κ1) is 19.1. The number of fused-ring (bicyclic) bond motifs is 1. The average molecular weight is 463 g/mol. The molecule has 0 atom stereocenters. The third kappa shape index (κ3) is 3.66. The van der Waals surface area contributed by atoms with E-state index in [-0.39, 0.29) is 0 Å². The van der Waals surface area contributed by atoms with Crippen molar-refractivity contribution in [2.45, 2.75) is 0 Å². The van der Waals surface area contributed by atoms with Crippen LogP contribution < -0.4 is 9.80 Å². The number of piperazine rings is 1. The summed E-state index contributed by atoms with van der Waals surface area (Å²) in [5, 5.41) is 4.52. The van der Waals surface area contributed by atoms with Gasteiger partial charge in [-0.3, -0.25) is 4.90 Å². The summed E-state index contributed by atoms with van der Waals surface area (Å²) in [6.07, 6.45) is 3.62. The van der Waals surface area contributed by atoms with Crippen LogP contribution in [0.5, 0.6) is 0 Å². The Morgan fingerprint density at radius 2 is 1.67 bits per heavy atom. The Morgan fingerprint density at radius 3 is 2.47 bits per heavy atom. The van der Waals surface area contributed by atoms with E-state index in [9.17, 15) is 0 Å². The van der Waals surface area contributed by atoms with Crippen molar-refractivity contribution in [3.63, 3.8) is 0 Å². The molecule has 4 aromatic rings. The fourth-order valence-corrected chi connectivity index (χ4v) is 4.15. The molecule has 0 spiro atoms. The lowest BCUT2D eigenvalue weighted by atomic mass is 10.2. The Balaban J connectivity index is 1.61. The van der Waals surface area contributed by atoms with Crippen LogP contribution in [0.4, 0.5) is 22.9 Å². The lowest BCUT2D eigenvalue weighted by Crippen LogP contribution is -2.44. The van der Waals surface area contributed by atoms with Gasteiger partial charge in [-0.05, 0) is 55.6 Å². The second kappa shape index (κ2) is 8.08. The summed E-state index contributed by atoms with van der Waals surface area (Å²) in [6.45, 7) is 4.24. The number of hydrogen-bond donors (Lipinski definition) is 0. The van der Waals surface area contributed by atoms with Crippen LogP contribution in [0.3, 0.4) is 0 Å². The molecule has 0 bridgehead atoms. The van der Waals surface area contributed by atoms with E-state index < -0.39 is 0 Å². The summed E-state index contributed by atoms with van der Waals surface area (Å²) < 4.78 is 2.93. The zero-order valence-electron chi connectivity index (χ0n) is 16.8. The van der Waals surface area contributed by atoms with Gasteiger partial charge in [-0.2, -0.15) is 9.61 Å². The van der Waals surface area contributed by atoms with Gasteiger partial charge in [0.1, 0.15) is 5.82 Å². The van der Waals surface area contributed by atoms with Crippen LogP contribution in [0.15, 0.2) is 77.5 Å². The van der Waals surface area contributed by atoms with Crippen molar-refractivity contribution in [1.82, 2.24) is 19.5 Å². The number of benzene rings is 2. The molecule has 2 aromatic carbocycles. The van der Waals surface area contributed by atoms with Crippen molar-refractivity contribution in [2.24, 2.45) is 0 Å². The Hall–Kier alpha value is -2.90. The topological polar surface area (TPSA) is 39.9 Å². The Labute approximate surface area is 184 Å². The molecule has 0 radical (unpaired) electrons. The summed E-state index contributed by atoms with van der Waals surface area (Å²) in [5.41, 5.74) is 4.23. The lowest BCUT2D eigenvalue weighted by Gasteiger charge is -2.35. The van der Waals surface area contributed by atoms with E-state index in [4.69, 9.17) is 0 Å². The number of aromatic nitrogens is 3. The van der Waals surface area contributed by atoms with Gasteiger partial charge in [-0.1, -0.05) is 22.0 Å². The van der Waals surface area contributed by atoms with Crippen molar-refractivity contribution < 1.29 is 0 Å². The van der Waals surface area contributed by atoms with Gasteiger partial charge >= 0.3 is 0 Å². The molecule has 0 saturated carbocycles. The summed E-state index contributed by atoms with van der Waals surface area (Å²) >= 11 is 3.55. The number of anilines is 4. The van der Waals surface area contributed by atoms with Gasteiger partial charge in [-0.15, -0.1) is 0 Å². The van der Waals surface area contributed by atoms with E-state index in [0.717, 1.165) is 53.5 Å². The van der Waals surface area contributed by atoms with Gasteiger partial charge in [0.25, 0.3) is 0 Å². The minimum atomic E-state index is 0.824. The molecule has 6 nitrogen and oxygen atoms in total. The van der Waals surface area contributed by atoms with Crippen LogP contribution in [0, 0.1) is 0 Å². The summed E-state index contributed by atoms with van der Waals surface area (Å²) in [4.78, 5) is 11.5. The molecule has 0 unspecified atom stereocenters. The molecular weight excluding hydrogens is 440 g/mol. The van der Waals surface area contributed by atoms with Crippen LogP contribution in [0.25, 0.3) is 5.65 Å². The third-order valence-corrected chi connectivity index (χ3v) is 6.07. The molecule has 2 aromatic heterocycles. The van der Waals surface area contributed by atoms with E-state index in [1.807, 2.05) is 22.8 Å². The predicted molar refractivity (Wildman–Crippen MR) is 125 cm³/mol. The molecule has 5 rings (SSSR count). The molecule has 30 heavy (non-hydrogen) atoms. The molecule has 1 saturated heterocycles. The molecule has 1 fully saturated rings. The Morgan fingerprint density at radius 1 is 0.867 bits per heavy atom. The summed E-state index contributed by atoms with van der Waals surface area (Å²) in [7, 11) is 2.18. The number of likely N-dealkylation sites (N-methyl/N-ethyl adjacent to an activating group) is 1. The smallest absolute Gasteiger partial charge is 0.157 e. The maximum absolute atomic E-state index is 4.52. The predicted octanol–water partition coefficient (Wildman–Crippen LogP) is 4.71. The molecule has 0 amide bonds. The number of halogens is 1. The van der Waals surface area contributed by atoms with Crippen molar-refractivity contribution in [2.75, 3.05) is 43.0 Å².